The average molecular weight is 345 g/mol. The van der Waals surface area contributed by atoms with Gasteiger partial charge < -0.3 is 20.2 Å². The van der Waals surface area contributed by atoms with Crippen molar-refractivity contribution in [3.05, 3.63) is 28.8 Å². The summed E-state index contributed by atoms with van der Waals surface area (Å²) in [5.41, 5.74) is 2.95. The highest BCUT2D eigenvalue weighted by Gasteiger charge is 2.37. The third-order valence-electron chi connectivity index (χ3n) is 5.77. The number of nitrogens with one attached hydrogen (secondary N) is 1. The molecule has 2 N–H and O–H groups in total. The van der Waals surface area contributed by atoms with E-state index in [0.29, 0.717) is 24.3 Å². The minimum absolute atomic E-state index is 0.0893. The van der Waals surface area contributed by atoms with Gasteiger partial charge >= 0.3 is 6.03 Å². The molecule has 0 spiro atoms. The van der Waals surface area contributed by atoms with Crippen LogP contribution in [0.3, 0.4) is 0 Å². The summed E-state index contributed by atoms with van der Waals surface area (Å²) in [7, 11) is 2.18. The van der Waals surface area contributed by atoms with Crippen LogP contribution in [-0.2, 0) is 6.42 Å². The first-order valence-electron chi connectivity index (χ1n) is 9.48. The second-order valence-electron chi connectivity index (χ2n) is 7.77. The van der Waals surface area contributed by atoms with Crippen LogP contribution in [0, 0.1) is 19.8 Å². The van der Waals surface area contributed by atoms with E-state index in [4.69, 9.17) is 0 Å². The Kier molecular flexibility index (Phi) is 5.52. The van der Waals surface area contributed by atoms with Gasteiger partial charge in [0.05, 0.1) is 0 Å². The molecule has 2 aliphatic heterocycles. The molecular weight excluding hydrogens is 314 g/mol. The first-order chi connectivity index (χ1) is 12.0. The predicted octanol–water partition coefficient (Wildman–Crippen LogP) is 2.68. The third kappa shape index (κ3) is 4.09. The summed E-state index contributed by atoms with van der Waals surface area (Å²) >= 11 is 0. The number of nitrogens with zero attached hydrogens (tertiary/aromatic N) is 2. The monoisotopic (exact) mass is 345 g/mol. The van der Waals surface area contributed by atoms with Crippen LogP contribution in [0.2, 0.25) is 0 Å². The van der Waals surface area contributed by atoms with Gasteiger partial charge in [-0.1, -0.05) is 12.1 Å². The molecule has 3 rings (SSSR count). The number of rotatable bonds is 3. The summed E-state index contributed by atoms with van der Waals surface area (Å²) in [4.78, 5) is 17.1. The number of hydrogen-bond acceptors (Lipinski definition) is 3. The van der Waals surface area contributed by atoms with Crippen LogP contribution in [0.5, 0.6) is 5.75 Å². The first-order valence-corrected chi connectivity index (χ1v) is 9.48. The Balaban J connectivity index is 1.54. The maximum Gasteiger partial charge on any atom is 0.317 e. The largest absolute Gasteiger partial charge is 0.507 e. The molecule has 5 nitrogen and oxygen atoms in total. The summed E-state index contributed by atoms with van der Waals surface area (Å²) in [5.74, 6) is 0.995. The number of aryl methyl sites for hydroxylation is 2. The number of fused-ring (bicyclic) bond motifs is 1. The van der Waals surface area contributed by atoms with Crippen LogP contribution in [-0.4, -0.2) is 60.2 Å². The van der Waals surface area contributed by atoms with Crippen molar-refractivity contribution in [2.24, 2.45) is 5.92 Å². The Bertz CT molecular complexity index is 608. The van der Waals surface area contributed by atoms with Crippen molar-refractivity contribution in [2.45, 2.75) is 45.6 Å². The maximum absolute atomic E-state index is 12.7. The summed E-state index contributed by atoms with van der Waals surface area (Å²) in [6.07, 6.45) is 4.23. The Labute approximate surface area is 151 Å². The van der Waals surface area contributed by atoms with Gasteiger partial charge in [-0.05, 0) is 75.7 Å². The predicted molar refractivity (Wildman–Crippen MR) is 100 cm³/mol. The van der Waals surface area contributed by atoms with Gasteiger partial charge in [0.2, 0.25) is 0 Å². The van der Waals surface area contributed by atoms with E-state index >= 15 is 0 Å². The van der Waals surface area contributed by atoms with Gasteiger partial charge in [-0.3, -0.25) is 0 Å². The van der Waals surface area contributed by atoms with Crippen LogP contribution >= 0.6 is 0 Å². The lowest BCUT2D eigenvalue weighted by atomic mass is 9.84. The number of piperidine rings is 2. The number of likely N-dealkylation sites (tertiary alicyclic amines) is 2. The second kappa shape index (κ2) is 7.65. The quantitative estimate of drug-likeness (QED) is 0.885. The van der Waals surface area contributed by atoms with Crippen molar-refractivity contribution in [3.8, 4) is 5.75 Å². The lowest BCUT2D eigenvalue weighted by Gasteiger charge is -2.46. The van der Waals surface area contributed by atoms with Crippen LogP contribution in [0.25, 0.3) is 0 Å². The van der Waals surface area contributed by atoms with Crippen molar-refractivity contribution in [1.29, 1.82) is 0 Å². The standard InChI is InChI=1S/C20H31N3O2/c1-14-11-16(12-15(2)19(14)24)6-8-21-20(25)23-9-4-5-17-13-22(3)10-7-18(17)23/h11-12,17-18,24H,4-10,13H2,1-3H3,(H,21,25)/t17-,18+/m1/s1. The minimum Gasteiger partial charge on any atom is -0.507 e. The Morgan fingerprint density at radius 3 is 2.68 bits per heavy atom. The first kappa shape index (κ1) is 18.1. The fourth-order valence-electron chi connectivity index (χ4n) is 4.44. The molecule has 138 valence electrons. The lowest BCUT2D eigenvalue weighted by Crippen LogP contribution is -2.57. The zero-order valence-electron chi connectivity index (χ0n) is 15.7. The molecule has 0 radical (unpaired) electrons. The number of carbonyl (C=O) groups excluding carboxylic acids is 1. The number of amides is 2. The molecule has 2 fully saturated rings. The van der Waals surface area contributed by atoms with E-state index in [1.165, 1.54) is 6.42 Å². The third-order valence-corrected chi connectivity index (χ3v) is 5.77. The summed E-state index contributed by atoms with van der Waals surface area (Å²) in [6.45, 7) is 7.54. The van der Waals surface area contributed by atoms with Crippen molar-refractivity contribution >= 4 is 6.03 Å². The number of benzene rings is 1. The number of carbonyl (C=O) groups is 1. The maximum atomic E-state index is 12.7. The van der Waals surface area contributed by atoms with Crippen LogP contribution in [0.4, 0.5) is 4.79 Å². The zero-order valence-corrected chi connectivity index (χ0v) is 15.7. The molecule has 0 unspecified atom stereocenters. The van der Waals surface area contributed by atoms with Gasteiger partial charge in [-0.2, -0.15) is 0 Å². The van der Waals surface area contributed by atoms with Crippen molar-refractivity contribution < 1.29 is 9.90 Å². The Hall–Kier alpha value is -1.75. The van der Waals surface area contributed by atoms with Crippen LogP contribution < -0.4 is 5.32 Å². The zero-order chi connectivity index (χ0) is 18.0. The SMILES string of the molecule is Cc1cc(CCNC(=O)N2CCC[C@@H]3CN(C)CC[C@@H]32)cc(C)c1O. The molecular formula is C20H31N3O2. The van der Waals surface area contributed by atoms with E-state index in [2.05, 4.69) is 22.2 Å². The van der Waals surface area contributed by atoms with Gasteiger partial charge in [-0.15, -0.1) is 0 Å². The molecule has 2 saturated heterocycles. The molecule has 0 saturated carbocycles. The fourth-order valence-corrected chi connectivity index (χ4v) is 4.44. The lowest BCUT2D eigenvalue weighted by molar-refractivity contribution is 0.0534. The van der Waals surface area contributed by atoms with Crippen LogP contribution in [0.1, 0.15) is 36.0 Å². The summed E-state index contributed by atoms with van der Waals surface area (Å²) in [6, 6.07) is 4.50. The van der Waals surface area contributed by atoms with Gasteiger partial charge in [0.15, 0.2) is 0 Å². The van der Waals surface area contributed by atoms with E-state index < -0.39 is 0 Å². The average Bonchev–Trinajstić information content (AvgIpc) is 2.58. The summed E-state index contributed by atoms with van der Waals surface area (Å²) in [5, 5.41) is 13.0. The second-order valence-corrected chi connectivity index (χ2v) is 7.77. The molecule has 0 aliphatic carbocycles. The normalized spacial score (nSPS) is 24.0. The molecule has 2 amide bonds. The molecule has 2 atom stereocenters. The van der Waals surface area contributed by atoms with Crippen LogP contribution in [0.15, 0.2) is 12.1 Å². The number of aromatic hydroxyl groups is 1. The Morgan fingerprint density at radius 2 is 1.96 bits per heavy atom. The highest BCUT2D eigenvalue weighted by Crippen LogP contribution is 2.30. The van der Waals surface area contributed by atoms with E-state index in [0.717, 1.165) is 55.6 Å². The van der Waals surface area contributed by atoms with Crippen molar-refractivity contribution in [3.63, 3.8) is 0 Å². The number of hydrogen-bond donors (Lipinski definition) is 2. The highest BCUT2D eigenvalue weighted by molar-refractivity contribution is 5.74. The van der Waals surface area contributed by atoms with E-state index in [1.807, 2.05) is 26.0 Å². The van der Waals surface area contributed by atoms with Crippen molar-refractivity contribution in [1.82, 2.24) is 15.1 Å². The number of phenols is 1. The van der Waals surface area contributed by atoms with E-state index in [-0.39, 0.29) is 6.03 Å². The number of phenolic OH excluding ortho intramolecular Hbond substituents is 1. The van der Waals surface area contributed by atoms with Gasteiger partial charge in [-0.25, -0.2) is 4.79 Å². The molecule has 1 aromatic rings. The van der Waals surface area contributed by atoms with E-state index in [9.17, 15) is 9.90 Å². The Morgan fingerprint density at radius 1 is 1.24 bits per heavy atom. The summed E-state index contributed by atoms with van der Waals surface area (Å²) < 4.78 is 0. The minimum atomic E-state index is 0.0893. The fraction of sp³-hybridized carbons (Fsp3) is 0.650. The molecule has 2 aliphatic rings. The molecule has 0 aromatic heterocycles. The van der Waals surface area contributed by atoms with Gasteiger partial charge in [0.1, 0.15) is 5.75 Å². The molecule has 25 heavy (non-hydrogen) atoms. The molecule has 1 aromatic carbocycles. The molecule has 2 heterocycles. The van der Waals surface area contributed by atoms with Crippen molar-refractivity contribution in [2.75, 3.05) is 33.2 Å². The smallest absolute Gasteiger partial charge is 0.317 e. The highest BCUT2D eigenvalue weighted by atomic mass is 16.3. The molecule has 0 bridgehead atoms. The molecule has 5 heteroatoms. The van der Waals surface area contributed by atoms with E-state index in [1.54, 1.807) is 0 Å². The number of urea groups is 1. The topological polar surface area (TPSA) is 55.8 Å². The van der Waals surface area contributed by atoms with Gasteiger partial charge in [0.25, 0.3) is 0 Å². The van der Waals surface area contributed by atoms with Gasteiger partial charge in [0, 0.05) is 25.7 Å².